The van der Waals surface area contributed by atoms with Crippen molar-refractivity contribution in [2.45, 2.75) is 85.2 Å². The third kappa shape index (κ3) is 8.34. The fourth-order valence-electron chi connectivity index (χ4n) is 8.64. The molecule has 2 aliphatic rings. The number of fused-ring (bicyclic) bond motifs is 2. The summed E-state index contributed by atoms with van der Waals surface area (Å²) in [5, 5.41) is 24.4. The van der Waals surface area contributed by atoms with E-state index < -0.39 is 11.7 Å². The molecule has 2 aliphatic heterocycles. The Morgan fingerprint density at radius 2 is 1.40 bits per heavy atom. The van der Waals surface area contributed by atoms with Crippen LogP contribution in [-0.4, -0.2) is 81.4 Å². The summed E-state index contributed by atoms with van der Waals surface area (Å²) in [7, 11) is 3.28. The van der Waals surface area contributed by atoms with E-state index in [-0.39, 0.29) is 19.1 Å². The topological polar surface area (TPSA) is 186 Å². The molecule has 17 nitrogen and oxygen atoms in total. The molecule has 17 heteroatoms. The molecule has 2 aromatic carbocycles. The van der Waals surface area contributed by atoms with E-state index in [2.05, 4.69) is 33.6 Å². The lowest BCUT2D eigenvalue weighted by Gasteiger charge is -2.35. The van der Waals surface area contributed by atoms with E-state index in [1.807, 2.05) is 90.3 Å². The summed E-state index contributed by atoms with van der Waals surface area (Å²) < 4.78 is 29.9. The summed E-state index contributed by atoms with van der Waals surface area (Å²) in [6.07, 6.45) is 8.12. The van der Waals surface area contributed by atoms with Crippen molar-refractivity contribution in [1.82, 2.24) is 48.8 Å². The van der Waals surface area contributed by atoms with Crippen LogP contribution in [0.5, 0.6) is 11.5 Å². The van der Waals surface area contributed by atoms with Crippen molar-refractivity contribution in [3.8, 4) is 22.9 Å². The van der Waals surface area contributed by atoms with Gasteiger partial charge < -0.3 is 43.8 Å². The van der Waals surface area contributed by atoms with E-state index in [0.29, 0.717) is 55.1 Å². The normalized spacial score (nSPS) is 16.2. The lowest BCUT2D eigenvalue weighted by molar-refractivity contribution is -0.0448. The zero-order chi connectivity index (χ0) is 44.0. The average molecular weight is 853 g/mol. The Hall–Kier alpha value is -6.69. The summed E-state index contributed by atoms with van der Waals surface area (Å²) in [4.78, 5) is 29.0. The molecule has 3 atom stereocenters. The first-order chi connectivity index (χ1) is 30.4. The number of hydrogen-bond acceptors (Lipinski definition) is 14. The lowest BCUT2D eigenvalue weighted by Crippen LogP contribution is -2.33. The van der Waals surface area contributed by atoms with Crippen LogP contribution in [-0.2, 0) is 34.5 Å². The van der Waals surface area contributed by atoms with E-state index in [9.17, 15) is 5.11 Å². The van der Waals surface area contributed by atoms with Crippen LogP contribution in [0.25, 0.3) is 11.4 Å². The Labute approximate surface area is 365 Å². The first-order valence-electron chi connectivity index (χ1n) is 21.0. The summed E-state index contributed by atoms with van der Waals surface area (Å²) in [6, 6.07) is 13.4. The molecule has 7 heterocycles. The molecule has 0 saturated carbocycles. The minimum atomic E-state index is -1.49. The number of aliphatic hydroxyl groups is 1. The monoisotopic (exact) mass is 852 g/mol. The standard InChI is InChI=1S/C46H52N12O5/c1-26-17-29(4)58(55-26)30(5)42-41-35(52-44(53-42)49-31-9-11-36(38(18-31)60-7)56-21-27(2)47-24-56)14-16-63-40(41)20-46(6,59)43-33-23-62-15-13-34(33)51-45(54-43)50-32-10-12-37(39(19-32)61-8)57-22-28(3)48-25-57/h9-12,17-19,21-22,24-25,30,40,59H,13-16,20,23H2,1-8H3,(H,49,52,53)(H,50,51,54). The SMILES string of the molecule is COc1cc(Nc2nc3c(c(C(C)n4nc(C)cc4C)n2)C(CC(C)(O)c2nc(Nc4ccc(-n5cnc(C)c5)c(OC)c4)nc4c2COCC4)OCC3)ccc1-n1cnc(C)c1. The minimum absolute atomic E-state index is 0.162. The molecule has 0 saturated heterocycles. The van der Waals surface area contributed by atoms with Gasteiger partial charge >= 0.3 is 0 Å². The van der Waals surface area contributed by atoms with Crippen molar-refractivity contribution in [1.29, 1.82) is 0 Å². The molecule has 0 bridgehead atoms. The van der Waals surface area contributed by atoms with E-state index in [1.165, 1.54) is 0 Å². The maximum Gasteiger partial charge on any atom is 0.227 e. The molecule has 0 radical (unpaired) electrons. The van der Waals surface area contributed by atoms with Crippen molar-refractivity contribution in [3.63, 3.8) is 0 Å². The second kappa shape index (κ2) is 16.9. The Balaban J connectivity index is 1.06. The maximum absolute atomic E-state index is 12.7. The van der Waals surface area contributed by atoms with Crippen molar-refractivity contribution < 1.29 is 24.1 Å². The molecule has 0 spiro atoms. The molecular weight excluding hydrogens is 801 g/mol. The number of aromatic nitrogens is 10. The van der Waals surface area contributed by atoms with Gasteiger partial charge in [-0.2, -0.15) is 5.10 Å². The van der Waals surface area contributed by atoms with Crippen LogP contribution in [0.4, 0.5) is 23.3 Å². The highest BCUT2D eigenvalue weighted by Gasteiger charge is 2.39. The summed E-state index contributed by atoms with van der Waals surface area (Å²) in [5.74, 6) is 2.09. The van der Waals surface area contributed by atoms with Crippen LogP contribution < -0.4 is 20.1 Å². The van der Waals surface area contributed by atoms with Crippen molar-refractivity contribution in [2.24, 2.45) is 0 Å². The van der Waals surface area contributed by atoms with Gasteiger partial charge in [0.1, 0.15) is 17.1 Å². The van der Waals surface area contributed by atoms with E-state index in [1.54, 1.807) is 33.8 Å². The third-order valence-electron chi connectivity index (χ3n) is 11.6. The van der Waals surface area contributed by atoms with Gasteiger partial charge in [0, 0.05) is 72.0 Å². The van der Waals surface area contributed by atoms with Gasteiger partial charge in [-0.15, -0.1) is 0 Å². The second-order valence-electron chi connectivity index (χ2n) is 16.4. The van der Waals surface area contributed by atoms with Gasteiger partial charge in [-0.1, -0.05) is 0 Å². The van der Waals surface area contributed by atoms with Crippen LogP contribution in [0.2, 0.25) is 0 Å². The highest BCUT2D eigenvalue weighted by molar-refractivity contribution is 5.64. The molecule has 0 amide bonds. The third-order valence-corrected chi connectivity index (χ3v) is 11.6. The number of imidazole rings is 2. The van der Waals surface area contributed by atoms with Gasteiger partial charge in [0.25, 0.3) is 0 Å². The van der Waals surface area contributed by atoms with Gasteiger partial charge in [-0.3, -0.25) is 4.68 Å². The van der Waals surface area contributed by atoms with Crippen molar-refractivity contribution >= 4 is 23.3 Å². The van der Waals surface area contributed by atoms with Crippen molar-refractivity contribution in [3.05, 3.63) is 124 Å². The van der Waals surface area contributed by atoms with Crippen LogP contribution in [0.1, 0.15) is 89.1 Å². The number of hydrogen-bond donors (Lipinski definition) is 3. The maximum atomic E-state index is 12.7. The average Bonchev–Trinajstić information content (AvgIpc) is 4.01. The first kappa shape index (κ1) is 41.7. The smallest absolute Gasteiger partial charge is 0.227 e. The first-order valence-corrected chi connectivity index (χ1v) is 21.0. The molecule has 3 unspecified atom stereocenters. The van der Waals surface area contributed by atoms with Crippen LogP contribution in [0, 0.1) is 27.7 Å². The number of aryl methyl sites for hydroxylation is 4. The zero-order valence-electron chi connectivity index (χ0n) is 36.8. The van der Waals surface area contributed by atoms with Gasteiger partial charge in [-0.25, -0.2) is 29.9 Å². The lowest BCUT2D eigenvalue weighted by atomic mass is 9.85. The fourth-order valence-corrected chi connectivity index (χ4v) is 8.64. The Kier molecular flexibility index (Phi) is 11.2. The Morgan fingerprint density at radius 1 is 0.794 bits per heavy atom. The number of benzene rings is 2. The van der Waals surface area contributed by atoms with Gasteiger partial charge in [0.05, 0.1) is 110 Å². The fraction of sp³-hybridized carbons (Fsp3) is 0.370. The van der Waals surface area contributed by atoms with Crippen LogP contribution in [0.3, 0.4) is 0 Å². The number of nitrogens with zero attached hydrogens (tertiary/aromatic N) is 10. The molecule has 5 aromatic heterocycles. The molecule has 0 aliphatic carbocycles. The van der Waals surface area contributed by atoms with Gasteiger partial charge in [-0.05, 0) is 71.9 Å². The molecule has 0 fully saturated rings. The molecule has 3 N–H and O–H groups in total. The second-order valence-corrected chi connectivity index (χ2v) is 16.4. The highest BCUT2D eigenvalue weighted by Crippen LogP contribution is 2.43. The van der Waals surface area contributed by atoms with Crippen molar-refractivity contribution in [2.75, 3.05) is 38.1 Å². The molecular formula is C46H52N12O5. The van der Waals surface area contributed by atoms with Gasteiger partial charge in [0.2, 0.25) is 11.9 Å². The minimum Gasteiger partial charge on any atom is -0.494 e. The van der Waals surface area contributed by atoms with E-state index in [4.69, 9.17) is 44.0 Å². The number of methoxy groups -OCH3 is 2. The zero-order valence-corrected chi connectivity index (χ0v) is 36.8. The molecule has 9 rings (SSSR count). The summed E-state index contributed by atoms with van der Waals surface area (Å²) >= 11 is 0. The largest absolute Gasteiger partial charge is 0.494 e. The predicted octanol–water partition coefficient (Wildman–Crippen LogP) is 7.17. The summed E-state index contributed by atoms with van der Waals surface area (Å²) in [6.45, 7) is 13.0. The quantitative estimate of drug-likeness (QED) is 0.106. The number of anilines is 4. The molecule has 326 valence electrons. The number of ether oxygens (including phenoxy) is 4. The van der Waals surface area contributed by atoms with E-state index >= 15 is 0 Å². The molecule has 63 heavy (non-hydrogen) atoms. The van der Waals surface area contributed by atoms with E-state index in [0.717, 1.165) is 73.7 Å². The highest BCUT2D eigenvalue weighted by atomic mass is 16.5. The predicted molar refractivity (Wildman–Crippen MR) is 236 cm³/mol. The van der Waals surface area contributed by atoms with Gasteiger partial charge in [0.15, 0.2) is 0 Å². The van der Waals surface area contributed by atoms with Crippen LogP contribution >= 0.6 is 0 Å². The number of nitrogens with one attached hydrogen (secondary N) is 2. The Bertz CT molecular complexity index is 2810. The summed E-state index contributed by atoms with van der Waals surface area (Å²) in [5.41, 5.74) is 9.85. The Morgan fingerprint density at radius 3 is 1.97 bits per heavy atom. The number of rotatable bonds is 13. The van der Waals surface area contributed by atoms with Crippen LogP contribution in [0.15, 0.2) is 67.5 Å². The molecule has 7 aromatic rings.